The van der Waals surface area contributed by atoms with E-state index in [1.54, 1.807) is 11.8 Å². The smallest absolute Gasteiger partial charge is 0.245 e. The van der Waals surface area contributed by atoms with E-state index in [9.17, 15) is 4.79 Å². The van der Waals surface area contributed by atoms with Gasteiger partial charge in [0.05, 0.1) is 0 Å². The standard InChI is InChI=1S/C6H14N2O2S/c1-11-4-2-3-8-10-5-6(7)9/h8H,2-5H2,1H3,(H2,7,9). The molecular weight excluding hydrogens is 164 g/mol. The molecule has 5 heteroatoms. The van der Waals surface area contributed by atoms with Crippen LogP contribution in [0.3, 0.4) is 0 Å². The SMILES string of the molecule is CSCCCNOCC(N)=O. The quantitative estimate of drug-likeness (QED) is 0.416. The number of rotatable bonds is 7. The fraction of sp³-hybridized carbons (Fsp3) is 0.833. The zero-order chi connectivity index (χ0) is 8.53. The summed E-state index contributed by atoms with van der Waals surface area (Å²) >= 11 is 1.78. The molecule has 0 bridgehead atoms. The molecule has 0 saturated heterocycles. The van der Waals surface area contributed by atoms with E-state index in [2.05, 4.69) is 5.48 Å². The number of nitrogens with two attached hydrogens (primary N) is 1. The van der Waals surface area contributed by atoms with E-state index in [0.717, 1.165) is 18.7 Å². The van der Waals surface area contributed by atoms with Crippen LogP contribution in [-0.2, 0) is 9.63 Å². The first kappa shape index (κ1) is 10.7. The van der Waals surface area contributed by atoms with E-state index in [1.807, 2.05) is 6.26 Å². The van der Waals surface area contributed by atoms with Gasteiger partial charge in [0.1, 0.15) is 6.61 Å². The van der Waals surface area contributed by atoms with Crippen LogP contribution in [0.2, 0.25) is 0 Å². The van der Waals surface area contributed by atoms with Gasteiger partial charge in [0.25, 0.3) is 0 Å². The van der Waals surface area contributed by atoms with Crippen LogP contribution in [0.15, 0.2) is 0 Å². The molecule has 0 heterocycles. The minimum absolute atomic E-state index is 0.0563. The maximum Gasteiger partial charge on any atom is 0.245 e. The van der Waals surface area contributed by atoms with Gasteiger partial charge in [-0.1, -0.05) is 0 Å². The summed E-state index contributed by atoms with van der Waals surface area (Å²) in [6, 6.07) is 0. The molecular formula is C6H14N2O2S. The van der Waals surface area contributed by atoms with Crippen LogP contribution in [0.1, 0.15) is 6.42 Å². The Morgan fingerprint density at radius 3 is 3.00 bits per heavy atom. The molecule has 0 aromatic rings. The third-order valence-corrected chi connectivity index (χ3v) is 1.64. The highest BCUT2D eigenvalue weighted by molar-refractivity contribution is 7.98. The largest absolute Gasteiger partial charge is 0.368 e. The molecule has 0 spiro atoms. The van der Waals surface area contributed by atoms with E-state index in [-0.39, 0.29) is 6.61 Å². The average Bonchev–Trinajstić information content (AvgIpc) is 1.96. The molecule has 3 N–H and O–H groups in total. The molecule has 0 aliphatic carbocycles. The van der Waals surface area contributed by atoms with Crippen LogP contribution in [0, 0.1) is 0 Å². The predicted molar refractivity (Wildman–Crippen MR) is 46.1 cm³/mol. The summed E-state index contributed by atoms with van der Waals surface area (Å²) in [5, 5.41) is 0. The lowest BCUT2D eigenvalue weighted by Crippen LogP contribution is -2.25. The zero-order valence-electron chi connectivity index (χ0n) is 6.63. The number of carbonyl (C=O) groups is 1. The van der Waals surface area contributed by atoms with Crippen LogP contribution in [-0.4, -0.2) is 31.1 Å². The summed E-state index contributed by atoms with van der Waals surface area (Å²) in [4.78, 5) is 14.8. The van der Waals surface area contributed by atoms with E-state index >= 15 is 0 Å². The Morgan fingerprint density at radius 2 is 2.45 bits per heavy atom. The maximum atomic E-state index is 10.1. The minimum Gasteiger partial charge on any atom is -0.368 e. The molecule has 0 unspecified atom stereocenters. The van der Waals surface area contributed by atoms with Gasteiger partial charge in [-0.25, -0.2) is 5.48 Å². The highest BCUT2D eigenvalue weighted by atomic mass is 32.2. The maximum absolute atomic E-state index is 10.1. The van der Waals surface area contributed by atoms with Crippen LogP contribution in [0.4, 0.5) is 0 Å². The molecule has 0 aromatic carbocycles. The Labute approximate surface area is 70.8 Å². The fourth-order valence-electron chi connectivity index (χ4n) is 0.483. The van der Waals surface area contributed by atoms with E-state index in [1.165, 1.54) is 0 Å². The van der Waals surface area contributed by atoms with Crippen LogP contribution in [0.5, 0.6) is 0 Å². The minimum atomic E-state index is -0.456. The predicted octanol–water partition coefficient (Wildman–Crippen LogP) is -0.254. The molecule has 0 aliphatic rings. The molecule has 0 saturated carbocycles. The Bertz CT molecular complexity index is 111. The van der Waals surface area contributed by atoms with Crippen molar-refractivity contribution in [2.24, 2.45) is 5.73 Å². The molecule has 11 heavy (non-hydrogen) atoms. The van der Waals surface area contributed by atoms with E-state index in [0.29, 0.717) is 0 Å². The number of hydroxylamine groups is 1. The summed E-state index contributed by atoms with van der Waals surface area (Å²) in [7, 11) is 0. The number of thioether (sulfide) groups is 1. The third-order valence-electron chi connectivity index (χ3n) is 0.944. The Kier molecular flexibility index (Phi) is 7.66. The fourth-order valence-corrected chi connectivity index (χ4v) is 0.916. The first-order valence-corrected chi connectivity index (χ1v) is 4.78. The topological polar surface area (TPSA) is 64.3 Å². The van der Waals surface area contributed by atoms with Gasteiger partial charge in [-0.2, -0.15) is 11.8 Å². The van der Waals surface area contributed by atoms with Crippen molar-refractivity contribution in [2.75, 3.05) is 25.2 Å². The summed E-state index contributed by atoms with van der Waals surface area (Å²) in [5.74, 6) is 0.634. The van der Waals surface area contributed by atoms with Crippen molar-refractivity contribution in [3.63, 3.8) is 0 Å². The lowest BCUT2D eigenvalue weighted by atomic mass is 10.5. The molecule has 0 radical (unpaired) electrons. The summed E-state index contributed by atoms with van der Waals surface area (Å²) < 4.78 is 0. The number of amides is 1. The van der Waals surface area contributed by atoms with Crippen molar-refractivity contribution in [2.45, 2.75) is 6.42 Å². The van der Waals surface area contributed by atoms with Crippen molar-refractivity contribution in [1.29, 1.82) is 0 Å². The van der Waals surface area contributed by atoms with Crippen molar-refractivity contribution >= 4 is 17.7 Å². The number of carbonyl (C=O) groups excluding carboxylic acids is 1. The first-order chi connectivity index (χ1) is 5.27. The average molecular weight is 178 g/mol. The lowest BCUT2D eigenvalue weighted by Gasteiger charge is -2.01. The van der Waals surface area contributed by atoms with Gasteiger partial charge in [-0.3, -0.25) is 9.63 Å². The molecule has 0 aliphatic heterocycles. The Hall–Kier alpha value is -0.260. The van der Waals surface area contributed by atoms with E-state index < -0.39 is 5.91 Å². The lowest BCUT2D eigenvalue weighted by molar-refractivity contribution is -0.125. The van der Waals surface area contributed by atoms with Crippen molar-refractivity contribution < 1.29 is 9.63 Å². The van der Waals surface area contributed by atoms with Gasteiger partial charge in [0.2, 0.25) is 5.91 Å². The number of hydrogen-bond donors (Lipinski definition) is 2. The second-order valence-corrected chi connectivity index (χ2v) is 2.98. The molecule has 4 nitrogen and oxygen atoms in total. The normalized spacial score (nSPS) is 9.91. The molecule has 0 rings (SSSR count). The van der Waals surface area contributed by atoms with Gasteiger partial charge in [-0.05, 0) is 18.4 Å². The highest BCUT2D eigenvalue weighted by Crippen LogP contribution is 1.92. The monoisotopic (exact) mass is 178 g/mol. The summed E-state index contributed by atoms with van der Waals surface area (Å²) in [6.45, 7) is 0.702. The first-order valence-electron chi connectivity index (χ1n) is 3.39. The molecule has 0 fully saturated rings. The highest BCUT2D eigenvalue weighted by Gasteiger charge is 1.92. The van der Waals surface area contributed by atoms with Crippen LogP contribution >= 0.6 is 11.8 Å². The number of hydrogen-bond acceptors (Lipinski definition) is 4. The molecule has 0 aromatic heterocycles. The van der Waals surface area contributed by atoms with Crippen molar-refractivity contribution in [1.82, 2.24) is 5.48 Å². The number of primary amides is 1. The van der Waals surface area contributed by atoms with Gasteiger partial charge < -0.3 is 5.73 Å². The molecule has 1 amide bonds. The Balaban J connectivity index is 2.85. The van der Waals surface area contributed by atoms with Crippen LogP contribution in [0.25, 0.3) is 0 Å². The second-order valence-electron chi connectivity index (χ2n) is 2.00. The third kappa shape index (κ3) is 9.74. The van der Waals surface area contributed by atoms with Gasteiger partial charge in [0, 0.05) is 6.54 Å². The number of nitrogens with one attached hydrogen (secondary N) is 1. The zero-order valence-corrected chi connectivity index (χ0v) is 7.45. The van der Waals surface area contributed by atoms with Crippen molar-refractivity contribution in [3.05, 3.63) is 0 Å². The second kappa shape index (κ2) is 7.84. The summed E-state index contributed by atoms with van der Waals surface area (Å²) in [5.41, 5.74) is 7.46. The Morgan fingerprint density at radius 1 is 1.73 bits per heavy atom. The van der Waals surface area contributed by atoms with Crippen molar-refractivity contribution in [3.8, 4) is 0 Å². The van der Waals surface area contributed by atoms with Crippen LogP contribution < -0.4 is 11.2 Å². The summed E-state index contributed by atoms with van der Waals surface area (Å²) in [6.07, 6.45) is 3.07. The van der Waals surface area contributed by atoms with Gasteiger partial charge >= 0.3 is 0 Å². The molecule has 0 atom stereocenters. The van der Waals surface area contributed by atoms with E-state index in [4.69, 9.17) is 10.6 Å². The van der Waals surface area contributed by atoms with Gasteiger partial charge in [0.15, 0.2) is 0 Å². The van der Waals surface area contributed by atoms with Gasteiger partial charge in [-0.15, -0.1) is 0 Å². The molecule has 66 valence electrons.